The Hall–Kier alpha value is -3.62. The lowest BCUT2D eigenvalue weighted by Crippen LogP contribution is -2.16. The summed E-state index contributed by atoms with van der Waals surface area (Å²) >= 11 is 0. The number of para-hydroxylation sites is 1. The van der Waals surface area contributed by atoms with Crippen molar-refractivity contribution in [1.82, 2.24) is 4.98 Å². The van der Waals surface area contributed by atoms with Gasteiger partial charge < -0.3 is 25.1 Å². The number of pyridine rings is 1. The molecule has 9 heteroatoms. The fraction of sp³-hybridized carbons (Fsp3) is 0.333. The van der Waals surface area contributed by atoms with Crippen LogP contribution < -0.4 is 15.2 Å². The summed E-state index contributed by atoms with van der Waals surface area (Å²) in [5.41, 5.74) is 4.93. The zero-order valence-corrected chi connectivity index (χ0v) is 17.6. The van der Waals surface area contributed by atoms with Gasteiger partial charge in [-0.05, 0) is 18.6 Å². The molecular weight excluding hydrogens is 392 g/mol. The van der Waals surface area contributed by atoms with Gasteiger partial charge in [0.2, 0.25) is 5.75 Å². The van der Waals surface area contributed by atoms with Crippen molar-refractivity contribution in [2.75, 3.05) is 13.7 Å². The molecule has 2 aromatic rings. The largest absolute Gasteiger partial charge is 0.508 e. The molecule has 0 spiro atoms. The van der Waals surface area contributed by atoms with Crippen LogP contribution in [0.2, 0.25) is 0 Å². The minimum atomic E-state index is -0.787. The van der Waals surface area contributed by atoms with Gasteiger partial charge in [-0.25, -0.2) is 4.98 Å². The van der Waals surface area contributed by atoms with Crippen LogP contribution in [0.4, 0.5) is 0 Å². The molecule has 2 rings (SSSR count). The predicted molar refractivity (Wildman–Crippen MR) is 110 cm³/mol. The Labute approximate surface area is 175 Å². The normalized spacial score (nSPS) is 9.07. The van der Waals surface area contributed by atoms with Crippen molar-refractivity contribution in [1.29, 1.82) is 0 Å². The number of esters is 2. The van der Waals surface area contributed by atoms with E-state index in [1.807, 2.05) is 13.0 Å². The van der Waals surface area contributed by atoms with Crippen LogP contribution in [0.15, 0.2) is 42.6 Å². The minimum Gasteiger partial charge on any atom is -0.508 e. The Kier molecular flexibility index (Phi) is 13.5. The molecule has 0 radical (unpaired) electrons. The molecule has 1 heterocycles. The number of nitrogens with zero attached hydrogens (tertiary/aromatic N) is 1. The topological polar surface area (TPSA) is 138 Å². The first kappa shape index (κ1) is 26.4. The monoisotopic (exact) mass is 420 g/mol. The maximum atomic E-state index is 11.0. The number of ether oxygens (including phenoxy) is 3. The lowest BCUT2D eigenvalue weighted by molar-refractivity contribution is -0.143. The number of rotatable bonds is 6. The highest BCUT2D eigenvalue weighted by atomic mass is 16.6. The van der Waals surface area contributed by atoms with E-state index in [9.17, 15) is 14.4 Å². The molecule has 0 aliphatic heterocycles. The molecule has 1 amide bonds. The van der Waals surface area contributed by atoms with Crippen LogP contribution in [0.25, 0.3) is 0 Å². The van der Waals surface area contributed by atoms with Gasteiger partial charge in [-0.2, -0.15) is 0 Å². The third kappa shape index (κ3) is 11.3. The number of benzene rings is 1. The molecule has 0 atom stereocenters. The summed E-state index contributed by atoms with van der Waals surface area (Å²) < 4.78 is 14.4. The number of phenolic OH excluding ortho intramolecular Hbond substituents is 1. The van der Waals surface area contributed by atoms with Crippen molar-refractivity contribution in [2.24, 2.45) is 5.73 Å². The van der Waals surface area contributed by atoms with E-state index in [0.29, 0.717) is 18.8 Å². The van der Waals surface area contributed by atoms with E-state index in [-0.39, 0.29) is 23.2 Å². The van der Waals surface area contributed by atoms with Crippen LogP contribution in [0, 0.1) is 0 Å². The number of primary amides is 1. The third-order valence-corrected chi connectivity index (χ3v) is 3.08. The van der Waals surface area contributed by atoms with Gasteiger partial charge in [-0.15, -0.1) is 0 Å². The second-order valence-corrected chi connectivity index (χ2v) is 5.56. The van der Waals surface area contributed by atoms with Gasteiger partial charge in [0, 0.05) is 25.6 Å². The van der Waals surface area contributed by atoms with Gasteiger partial charge >= 0.3 is 11.9 Å². The molecule has 0 saturated carbocycles. The molecular formula is C21H28N2O7. The molecule has 9 nitrogen and oxygen atoms in total. The standard InChI is InChI=1S/C9H10N2O4.C6H12O2.C6H6O/c1-5(12)15-8-6(14-2)3-4-11-7(8)9(10)13;1-3-5-8-6(7)4-2;7-6-4-2-1-3-5-6/h3-4H,1-2H3,(H2,10,13);3-5H2,1-2H3;1-5,7H. The first-order valence-corrected chi connectivity index (χ1v) is 9.17. The fourth-order valence-electron chi connectivity index (χ4n) is 1.76. The van der Waals surface area contributed by atoms with E-state index >= 15 is 0 Å². The van der Waals surface area contributed by atoms with E-state index in [4.69, 9.17) is 25.1 Å². The summed E-state index contributed by atoms with van der Waals surface area (Å²) in [6.45, 7) is 5.53. The molecule has 0 aliphatic rings. The Morgan fingerprint density at radius 3 is 2.13 bits per heavy atom. The smallest absolute Gasteiger partial charge is 0.308 e. The van der Waals surface area contributed by atoms with Gasteiger partial charge in [-0.1, -0.05) is 32.0 Å². The Balaban J connectivity index is 0.000000471. The lowest BCUT2D eigenvalue weighted by Gasteiger charge is -2.09. The Morgan fingerprint density at radius 1 is 1.10 bits per heavy atom. The second kappa shape index (κ2) is 15.3. The van der Waals surface area contributed by atoms with Gasteiger partial charge in [0.25, 0.3) is 5.91 Å². The molecule has 1 aromatic carbocycles. The Morgan fingerprint density at radius 2 is 1.73 bits per heavy atom. The van der Waals surface area contributed by atoms with Crippen LogP contribution >= 0.6 is 0 Å². The van der Waals surface area contributed by atoms with Gasteiger partial charge in [-0.3, -0.25) is 14.4 Å². The molecule has 164 valence electrons. The number of aromatic hydroxyl groups is 1. The van der Waals surface area contributed by atoms with E-state index in [2.05, 4.69) is 4.98 Å². The van der Waals surface area contributed by atoms with Gasteiger partial charge in [0.15, 0.2) is 11.4 Å². The third-order valence-electron chi connectivity index (χ3n) is 3.08. The summed E-state index contributed by atoms with van der Waals surface area (Å²) in [4.78, 5) is 35.8. The molecule has 1 aromatic heterocycles. The number of phenols is 1. The van der Waals surface area contributed by atoms with Crippen molar-refractivity contribution < 1.29 is 33.7 Å². The lowest BCUT2D eigenvalue weighted by atomic mass is 10.3. The summed E-state index contributed by atoms with van der Waals surface area (Å²) in [7, 11) is 1.38. The van der Waals surface area contributed by atoms with E-state index in [0.717, 1.165) is 6.42 Å². The fourth-order valence-corrected chi connectivity index (χ4v) is 1.76. The van der Waals surface area contributed by atoms with Gasteiger partial charge in [0.05, 0.1) is 13.7 Å². The number of hydrogen-bond donors (Lipinski definition) is 2. The molecule has 3 N–H and O–H groups in total. The zero-order chi connectivity index (χ0) is 22.9. The summed E-state index contributed by atoms with van der Waals surface area (Å²) in [5, 5.41) is 8.63. The maximum Gasteiger partial charge on any atom is 0.308 e. The predicted octanol–water partition coefficient (Wildman–Crippen LogP) is 2.86. The van der Waals surface area contributed by atoms with Crippen molar-refractivity contribution in [3.63, 3.8) is 0 Å². The highest BCUT2D eigenvalue weighted by Crippen LogP contribution is 2.29. The van der Waals surface area contributed by atoms with Crippen LogP contribution in [-0.2, 0) is 14.3 Å². The number of hydrogen-bond acceptors (Lipinski definition) is 8. The van der Waals surface area contributed by atoms with E-state index in [1.165, 1.54) is 26.3 Å². The van der Waals surface area contributed by atoms with Gasteiger partial charge in [0.1, 0.15) is 5.75 Å². The van der Waals surface area contributed by atoms with Crippen molar-refractivity contribution in [3.8, 4) is 17.2 Å². The second-order valence-electron chi connectivity index (χ2n) is 5.56. The summed E-state index contributed by atoms with van der Waals surface area (Å²) in [6.07, 6.45) is 2.73. The van der Waals surface area contributed by atoms with E-state index < -0.39 is 11.9 Å². The highest BCUT2D eigenvalue weighted by molar-refractivity contribution is 5.95. The molecule has 0 aliphatic carbocycles. The first-order chi connectivity index (χ1) is 14.3. The Bertz CT molecular complexity index is 795. The first-order valence-electron chi connectivity index (χ1n) is 9.17. The number of methoxy groups -OCH3 is 1. The number of carbonyl (C=O) groups is 3. The summed E-state index contributed by atoms with van der Waals surface area (Å²) in [5.74, 6) is -0.975. The van der Waals surface area contributed by atoms with Crippen LogP contribution in [-0.4, -0.2) is 41.7 Å². The highest BCUT2D eigenvalue weighted by Gasteiger charge is 2.17. The molecule has 0 unspecified atom stereocenters. The minimum absolute atomic E-state index is 0.0556. The van der Waals surface area contributed by atoms with Crippen molar-refractivity contribution in [2.45, 2.75) is 33.6 Å². The number of aromatic nitrogens is 1. The molecule has 30 heavy (non-hydrogen) atoms. The van der Waals surface area contributed by atoms with Crippen LogP contribution in [0.1, 0.15) is 44.1 Å². The quantitative estimate of drug-likeness (QED) is 0.680. The number of amides is 1. The maximum absolute atomic E-state index is 11.0. The zero-order valence-electron chi connectivity index (χ0n) is 17.6. The van der Waals surface area contributed by atoms with Crippen LogP contribution in [0.3, 0.4) is 0 Å². The molecule has 0 fully saturated rings. The van der Waals surface area contributed by atoms with E-state index in [1.54, 1.807) is 31.2 Å². The van der Waals surface area contributed by atoms with Crippen LogP contribution in [0.5, 0.6) is 17.2 Å². The van der Waals surface area contributed by atoms with Crippen molar-refractivity contribution in [3.05, 3.63) is 48.3 Å². The molecule has 0 saturated heterocycles. The SMILES string of the molecule is CCCOC(=O)CC.COc1ccnc(C(N)=O)c1OC(C)=O.Oc1ccccc1. The molecule has 0 bridgehead atoms. The number of carbonyl (C=O) groups excluding carboxylic acids is 3. The number of nitrogens with two attached hydrogens (primary N) is 1. The average Bonchev–Trinajstić information content (AvgIpc) is 2.73. The van der Waals surface area contributed by atoms with Crippen molar-refractivity contribution >= 4 is 17.8 Å². The summed E-state index contributed by atoms with van der Waals surface area (Å²) in [6, 6.07) is 10.2. The average molecular weight is 420 g/mol.